The molecule has 0 amide bonds. The number of aliphatic hydroxyl groups excluding tert-OH is 1. The molecule has 1 rings (SSSR count). The zero-order chi connectivity index (χ0) is 11.3. The van der Waals surface area contributed by atoms with Crippen molar-refractivity contribution in [3.63, 3.8) is 0 Å². The summed E-state index contributed by atoms with van der Waals surface area (Å²) in [5, 5.41) is 8.61. The van der Waals surface area contributed by atoms with E-state index in [0.29, 0.717) is 25.4 Å². The van der Waals surface area contributed by atoms with E-state index in [1.807, 2.05) is 0 Å². The Morgan fingerprint density at radius 1 is 1.27 bits per heavy atom. The lowest BCUT2D eigenvalue weighted by atomic mass is 9.85. The van der Waals surface area contributed by atoms with Gasteiger partial charge in [0.25, 0.3) is 0 Å². The maximum Gasteiger partial charge on any atom is 0.401 e. The first-order valence-corrected chi connectivity index (χ1v) is 5.41. The monoisotopic (exact) mass is 225 g/mol. The van der Waals surface area contributed by atoms with Gasteiger partial charge >= 0.3 is 6.18 Å². The van der Waals surface area contributed by atoms with Gasteiger partial charge in [-0.15, -0.1) is 0 Å². The van der Waals surface area contributed by atoms with Crippen molar-refractivity contribution in [3.05, 3.63) is 0 Å². The summed E-state index contributed by atoms with van der Waals surface area (Å²) in [5.41, 5.74) is 0. The average Bonchev–Trinajstić information content (AvgIpc) is 2.04. The summed E-state index contributed by atoms with van der Waals surface area (Å²) in [6, 6.07) is 0. The predicted octanol–water partition coefficient (Wildman–Crippen LogP) is 2.03. The summed E-state index contributed by atoms with van der Waals surface area (Å²) in [7, 11) is 0. The molecule has 0 spiro atoms. The van der Waals surface area contributed by atoms with Gasteiger partial charge in [0.2, 0.25) is 0 Å². The second-order valence-electron chi connectivity index (χ2n) is 4.22. The molecular weight excluding hydrogens is 207 g/mol. The molecule has 2 nitrogen and oxygen atoms in total. The standard InChI is InChI=1S/C10H18F3NO/c11-10(12,13)8-14(5-2-6-15)7-9-3-1-4-9/h9,15H,1-8H2. The minimum Gasteiger partial charge on any atom is -0.396 e. The number of halogens is 3. The lowest BCUT2D eigenvalue weighted by Crippen LogP contribution is -2.39. The maximum atomic E-state index is 12.2. The molecule has 1 saturated carbocycles. The molecule has 0 aromatic rings. The highest BCUT2D eigenvalue weighted by Crippen LogP contribution is 2.28. The molecular formula is C10H18F3NO. The van der Waals surface area contributed by atoms with Crippen LogP contribution >= 0.6 is 0 Å². The van der Waals surface area contributed by atoms with Gasteiger partial charge in [-0.1, -0.05) is 6.42 Å². The first-order chi connectivity index (χ1) is 7.01. The third-order valence-electron chi connectivity index (χ3n) is 2.78. The molecule has 0 aromatic heterocycles. The Hall–Kier alpha value is -0.290. The third kappa shape index (κ3) is 5.37. The van der Waals surface area contributed by atoms with E-state index in [1.165, 1.54) is 4.90 Å². The molecule has 1 fully saturated rings. The summed E-state index contributed by atoms with van der Waals surface area (Å²) < 4.78 is 36.6. The molecule has 1 aliphatic carbocycles. The van der Waals surface area contributed by atoms with Crippen LogP contribution in [0.25, 0.3) is 0 Å². The molecule has 0 heterocycles. The Labute approximate surface area is 88.1 Å². The summed E-state index contributed by atoms with van der Waals surface area (Å²) in [5.74, 6) is 0.436. The number of alkyl halides is 3. The van der Waals surface area contributed by atoms with Crippen molar-refractivity contribution in [1.29, 1.82) is 0 Å². The van der Waals surface area contributed by atoms with Crippen molar-refractivity contribution in [2.24, 2.45) is 5.92 Å². The number of nitrogens with zero attached hydrogens (tertiary/aromatic N) is 1. The molecule has 0 saturated heterocycles. The van der Waals surface area contributed by atoms with Crippen LogP contribution in [0.3, 0.4) is 0 Å². The summed E-state index contributed by atoms with van der Waals surface area (Å²) in [6.07, 6.45) is -0.465. The minimum atomic E-state index is -4.13. The van der Waals surface area contributed by atoms with E-state index in [-0.39, 0.29) is 6.61 Å². The molecule has 0 aliphatic heterocycles. The molecule has 1 aliphatic rings. The Morgan fingerprint density at radius 3 is 2.33 bits per heavy atom. The molecule has 0 radical (unpaired) electrons. The molecule has 0 unspecified atom stereocenters. The molecule has 1 N–H and O–H groups in total. The Bertz CT molecular complexity index is 180. The van der Waals surface area contributed by atoms with Crippen LogP contribution in [0.2, 0.25) is 0 Å². The van der Waals surface area contributed by atoms with Gasteiger partial charge in [0, 0.05) is 19.7 Å². The van der Waals surface area contributed by atoms with Gasteiger partial charge in [-0.3, -0.25) is 4.90 Å². The van der Waals surface area contributed by atoms with Crippen molar-refractivity contribution in [1.82, 2.24) is 4.90 Å². The van der Waals surface area contributed by atoms with Crippen molar-refractivity contribution in [2.45, 2.75) is 31.9 Å². The van der Waals surface area contributed by atoms with E-state index in [2.05, 4.69) is 0 Å². The SMILES string of the molecule is OCCCN(CC1CCC1)CC(F)(F)F. The zero-order valence-corrected chi connectivity index (χ0v) is 8.76. The quantitative estimate of drug-likeness (QED) is 0.747. The summed E-state index contributed by atoms with van der Waals surface area (Å²) in [4.78, 5) is 1.42. The van der Waals surface area contributed by atoms with Crippen molar-refractivity contribution in [2.75, 3.05) is 26.2 Å². The minimum absolute atomic E-state index is 0.0426. The van der Waals surface area contributed by atoms with Crippen LogP contribution in [-0.4, -0.2) is 42.4 Å². The lowest BCUT2D eigenvalue weighted by Gasteiger charge is -2.32. The van der Waals surface area contributed by atoms with Crippen LogP contribution in [-0.2, 0) is 0 Å². The molecule has 15 heavy (non-hydrogen) atoms. The second kappa shape index (κ2) is 5.70. The Morgan fingerprint density at radius 2 is 1.93 bits per heavy atom. The van der Waals surface area contributed by atoms with Gasteiger partial charge in [0.1, 0.15) is 0 Å². The Kier molecular flexibility index (Phi) is 4.86. The van der Waals surface area contributed by atoms with Gasteiger partial charge in [-0.05, 0) is 25.2 Å². The van der Waals surface area contributed by atoms with Crippen LogP contribution in [0.1, 0.15) is 25.7 Å². The highest BCUT2D eigenvalue weighted by Gasteiger charge is 2.32. The lowest BCUT2D eigenvalue weighted by molar-refractivity contribution is -0.148. The number of hydrogen-bond acceptors (Lipinski definition) is 2. The third-order valence-corrected chi connectivity index (χ3v) is 2.78. The molecule has 90 valence electrons. The molecule has 0 atom stereocenters. The van der Waals surface area contributed by atoms with Gasteiger partial charge < -0.3 is 5.11 Å². The Balaban J connectivity index is 2.30. The fraction of sp³-hybridized carbons (Fsp3) is 1.00. The smallest absolute Gasteiger partial charge is 0.396 e. The first kappa shape index (κ1) is 12.8. The van der Waals surface area contributed by atoms with E-state index in [9.17, 15) is 13.2 Å². The fourth-order valence-electron chi connectivity index (χ4n) is 1.82. The predicted molar refractivity (Wildman–Crippen MR) is 51.5 cm³/mol. The summed E-state index contributed by atoms with van der Waals surface area (Å²) in [6.45, 7) is -0.0193. The second-order valence-corrected chi connectivity index (χ2v) is 4.22. The van der Waals surface area contributed by atoms with Crippen LogP contribution in [0.4, 0.5) is 13.2 Å². The maximum absolute atomic E-state index is 12.2. The first-order valence-electron chi connectivity index (χ1n) is 5.41. The number of rotatable bonds is 6. The van der Waals surface area contributed by atoms with Crippen LogP contribution in [0.15, 0.2) is 0 Å². The molecule has 5 heteroatoms. The highest BCUT2D eigenvalue weighted by atomic mass is 19.4. The van der Waals surface area contributed by atoms with E-state index >= 15 is 0 Å². The van der Waals surface area contributed by atoms with E-state index < -0.39 is 12.7 Å². The number of aliphatic hydroxyl groups is 1. The van der Waals surface area contributed by atoms with Gasteiger partial charge in [0.05, 0.1) is 6.54 Å². The van der Waals surface area contributed by atoms with Crippen molar-refractivity contribution < 1.29 is 18.3 Å². The van der Waals surface area contributed by atoms with Crippen LogP contribution in [0, 0.1) is 5.92 Å². The van der Waals surface area contributed by atoms with E-state index in [1.54, 1.807) is 0 Å². The van der Waals surface area contributed by atoms with Crippen LogP contribution < -0.4 is 0 Å². The van der Waals surface area contributed by atoms with Crippen molar-refractivity contribution in [3.8, 4) is 0 Å². The normalized spacial score (nSPS) is 18.2. The average molecular weight is 225 g/mol. The zero-order valence-electron chi connectivity index (χ0n) is 8.76. The van der Waals surface area contributed by atoms with Gasteiger partial charge in [-0.2, -0.15) is 13.2 Å². The van der Waals surface area contributed by atoms with Gasteiger partial charge in [0.15, 0.2) is 0 Å². The highest BCUT2D eigenvalue weighted by molar-refractivity contribution is 4.75. The van der Waals surface area contributed by atoms with E-state index in [4.69, 9.17) is 5.11 Å². The fourth-order valence-corrected chi connectivity index (χ4v) is 1.82. The van der Waals surface area contributed by atoms with E-state index in [0.717, 1.165) is 19.3 Å². The van der Waals surface area contributed by atoms with Crippen LogP contribution in [0.5, 0.6) is 0 Å². The molecule has 0 bridgehead atoms. The molecule has 0 aromatic carbocycles. The largest absolute Gasteiger partial charge is 0.401 e. The van der Waals surface area contributed by atoms with Crippen molar-refractivity contribution >= 4 is 0 Å². The summed E-state index contributed by atoms with van der Waals surface area (Å²) >= 11 is 0. The van der Waals surface area contributed by atoms with Gasteiger partial charge in [-0.25, -0.2) is 0 Å². The topological polar surface area (TPSA) is 23.5 Å². The number of hydrogen-bond donors (Lipinski definition) is 1.